The van der Waals surface area contributed by atoms with Gasteiger partial charge in [-0.1, -0.05) is 19.3 Å². The van der Waals surface area contributed by atoms with Gasteiger partial charge in [0.15, 0.2) is 0 Å². The van der Waals surface area contributed by atoms with Gasteiger partial charge >= 0.3 is 5.97 Å². The quantitative estimate of drug-likeness (QED) is 0.679. The molecule has 0 aliphatic heterocycles. The Morgan fingerprint density at radius 2 is 1.89 bits per heavy atom. The van der Waals surface area contributed by atoms with Crippen LogP contribution in [0.3, 0.4) is 0 Å². The van der Waals surface area contributed by atoms with Gasteiger partial charge in [-0.15, -0.1) is 0 Å². The number of carbonyl (C=O) groups excluding carboxylic acids is 1. The molecule has 0 aromatic rings. The van der Waals surface area contributed by atoms with Crippen LogP contribution >= 0.6 is 0 Å². The van der Waals surface area contributed by atoms with Crippen molar-refractivity contribution in [1.29, 1.82) is 0 Å². The number of carbonyl (C=O) groups is 2. The first-order valence-corrected chi connectivity index (χ1v) is 6.55. The summed E-state index contributed by atoms with van der Waals surface area (Å²) in [5.41, 5.74) is -0.332. The molecule has 0 radical (unpaired) electrons. The second-order valence-electron chi connectivity index (χ2n) is 5.15. The average molecular weight is 257 g/mol. The van der Waals surface area contributed by atoms with Crippen LogP contribution in [0.5, 0.6) is 0 Å². The molecule has 0 aromatic carbocycles. The van der Waals surface area contributed by atoms with E-state index in [1.807, 2.05) is 0 Å². The number of aliphatic carboxylic acids is 1. The predicted molar refractivity (Wildman–Crippen MR) is 67.3 cm³/mol. The minimum atomic E-state index is -0.804. The molecule has 1 saturated carbocycles. The van der Waals surface area contributed by atoms with E-state index in [-0.39, 0.29) is 17.7 Å². The summed E-state index contributed by atoms with van der Waals surface area (Å²) < 4.78 is 4.86. The van der Waals surface area contributed by atoms with E-state index < -0.39 is 5.97 Å². The van der Waals surface area contributed by atoms with Crippen molar-refractivity contribution in [3.8, 4) is 0 Å². The largest absolute Gasteiger partial charge is 0.481 e. The summed E-state index contributed by atoms with van der Waals surface area (Å²) in [6.45, 7) is 0.968. The van der Waals surface area contributed by atoms with Crippen molar-refractivity contribution in [2.75, 3.05) is 20.3 Å². The van der Waals surface area contributed by atoms with Crippen LogP contribution in [-0.2, 0) is 14.3 Å². The first-order chi connectivity index (χ1) is 8.58. The fraction of sp³-hybridized carbons (Fsp3) is 0.846. The highest BCUT2D eigenvalue weighted by molar-refractivity contribution is 5.78. The first-order valence-electron chi connectivity index (χ1n) is 6.55. The van der Waals surface area contributed by atoms with Gasteiger partial charge in [0.1, 0.15) is 0 Å². The lowest BCUT2D eigenvalue weighted by atomic mass is 9.69. The standard InChI is InChI=1S/C13H23NO4/c1-18-8-7-14-11(15)9-13(10-12(16)17)5-3-2-4-6-13/h2-10H2,1H3,(H,14,15)(H,16,17). The Hall–Kier alpha value is -1.10. The first kappa shape index (κ1) is 15.0. The fourth-order valence-corrected chi connectivity index (χ4v) is 2.73. The molecule has 18 heavy (non-hydrogen) atoms. The SMILES string of the molecule is COCCNC(=O)CC1(CC(=O)O)CCCCC1. The Morgan fingerprint density at radius 1 is 1.22 bits per heavy atom. The van der Waals surface area contributed by atoms with Crippen LogP contribution < -0.4 is 5.32 Å². The van der Waals surface area contributed by atoms with Gasteiger partial charge in [-0.05, 0) is 18.3 Å². The Labute approximate surface area is 108 Å². The normalized spacial score (nSPS) is 18.3. The highest BCUT2D eigenvalue weighted by Gasteiger charge is 2.36. The molecule has 1 aliphatic carbocycles. The van der Waals surface area contributed by atoms with Gasteiger partial charge in [0.25, 0.3) is 0 Å². The molecular weight excluding hydrogens is 234 g/mol. The monoisotopic (exact) mass is 257 g/mol. The molecule has 0 atom stereocenters. The highest BCUT2D eigenvalue weighted by Crippen LogP contribution is 2.42. The maximum atomic E-state index is 11.8. The van der Waals surface area contributed by atoms with Gasteiger partial charge in [0.2, 0.25) is 5.91 Å². The van der Waals surface area contributed by atoms with Crippen molar-refractivity contribution < 1.29 is 19.4 Å². The second-order valence-corrected chi connectivity index (χ2v) is 5.15. The summed E-state index contributed by atoms with van der Waals surface area (Å²) in [6.07, 6.45) is 5.31. The molecule has 1 fully saturated rings. The third-order valence-corrected chi connectivity index (χ3v) is 3.60. The van der Waals surface area contributed by atoms with E-state index in [1.165, 1.54) is 0 Å². The van der Waals surface area contributed by atoms with Gasteiger partial charge in [-0.25, -0.2) is 0 Å². The molecule has 0 bridgehead atoms. The van der Waals surface area contributed by atoms with Crippen molar-refractivity contribution >= 4 is 11.9 Å². The number of amides is 1. The maximum Gasteiger partial charge on any atom is 0.303 e. The Morgan fingerprint density at radius 3 is 2.44 bits per heavy atom. The Kier molecular flexibility index (Phi) is 6.12. The van der Waals surface area contributed by atoms with Crippen molar-refractivity contribution in [2.45, 2.75) is 44.9 Å². The topological polar surface area (TPSA) is 75.6 Å². The van der Waals surface area contributed by atoms with Gasteiger partial charge in [0, 0.05) is 20.1 Å². The zero-order valence-corrected chi connectivity index (χ0v) is 11.0. The molecule has 0 unspecified atom stereocenters. The Bertz CT molecular complexity index is 285. The van der Waals surface area contributed by atoms with Crippen molar-refractivity contribution in [2.24, 2.45) is 5.41 Å². The molecular formula is C13H23NO4. The number of hydrogen-bond acceptors (Lipinski definition) is 3. The number of nitrogens with one attached hydrogen (secondary N) is 1. The highest BCUT2D eigenvalue weighted by atomic mass is 16.5. The Balaban J connectivity index is 2.49. The number of methoxy groups -OCH3 is 1. The molecule has 1 rings (SSSR count). The van der Waals surface area contributed by atoms with E-state index in [2.05, 4.69) is 5.32 Å². The van der Waals surface area contributed by atoms with Crippen LogP contribution in [-0.4, -0.2) is 37.2 Å². The number of ether oxygens (including phenoxy) is 1. The summed E-state index contributed by atoms with van der Waals surface area (Å²) >= 11 is 0. The van der Waals surface area contributed by atoms with Crippen LogP contribution in [0.15, 0.2) is 0 Å². The summed E-state index contributed by atoms with van der Waals surface area (Å²) in [5.74, 6) is -0.864. The van der Waals surface area contributed by atoms with Crippen molar-refractivity contribution in [3.63, 3.8) is 0 Å². The average Bonchev–Trinajstić information content (AvgIpc) is 2.29. The minimum Gasteiger partial charge on any atom is -0.481 e. The zero-order chi connectivity index (χ0) is 13.4. The number of carboxylic acids is 1. The maximum absolute atomic E-state index is 11.8. The summed E-state index contributed by atoms with van der Waals surface area (Å²) in [7, 11) is 1.58. The molecule has 0 spiro atoms. The smallest absolute Gasteiger partial charge is 0.303 e. The van der Waals surface area contributed by atoms with Crippen LogP contribution in [0.25, 0.3) is 0 Å². The van der Waals surface area contributed by atoms with Crippen molar-refractivity contribution in [1.82, 2.24) is 5.32 Å². The van der Waals surface area contributed by atoms with Crippen LogP contribution in [0.2, 0.25) is 0 Å². The van der Waals surface area contributed by atoms with Crippen LogP contribution in [0.1, 0.15) is 44.9 Å². The predicted octanol–water partition coefficient (Wildman–Crippen LogP) is 1.56. The molecule has 5 heteroatoms. The van der Waals surface area contributed by atoms with Crippen LogP contribution in [0.4, 0.5) is 0 Å². The molecule has 1 aliphatic rings. The zero-order valence-electron chi connectivity index (χ0n) is 11.0. The molecule has 0 saturated heterocycles. The number of rotatable bonds is 7. The van der Waals surface area contributed by atoms with Crippen molar-refractivity contribution in [3.05, 3.63) is 0 Å². The molecule has 0 aromatic heterocycles. The minimum absolute atomic E-state index is 0.0600. The molecule has 5 nitrogen and oxygen atoms in total. The second kappa shape index (κ2) is 7.36. The van der Waals surface area contributed by atoms with Gasteiger partial charge in [-0.2, -0.15) is 0 Å². The molecule has 2 N–H and O–H groups in total. The molecule has 104 valence electrons. The number of carboxylic acid groups (broad SMARTS) is 1. The van der Waals surface area contributed by atoms with E-state index in [1.54, 1.807) is 7.11 Å². The third-order valence-electron chi connectivity index (χ3n) is 3.60. The summed E-state index contributed by atoms with van der Waals surface area (Å²) in [4.78, 5) is 22.8. The molecule has 1 amide bonds. The lowest BCUT2D eigenvalue weighted by molar-refractivity contribution is -0.141. The fourth-order valence-electron chi connectivity index (χ4n) is 2.73. The van der Waals surface area contributed by atoms with Crippen LogP contribution in [0, 0.1) is 5.41 Å². The lowest BCUT2D eigenvalue weighted by Gasteiger charge is -2.35. The van der Waals surface area contributed by atoms with Gasteiger partial charge in [-0.3, -0.25) is 9.59 Å². The number of hydrogen-bond donors (Lipinski definition) is 2. The van der Waals surface area contributed by atoms with Gasteiger partial charge in [0.05, 0.1) is 13.0 Å². The van der Waals surface area contributed by atoms with E-state index in [0.717, 1.165) is 32.1 Å². The van der Waals surface area contributed by atoms with E-state index >= 15 is 0 Å². The summed E-state index contributed by atoms with van der Waals surface area (Å²) in [5, 5.41) is 11.8. The third kappa shape index (κ3) is 5.04. The van der Waals surface area contributed by atoms with E-state index in [0.29, 0.717) is 19.6 Å². The summed E-state index contributed by atoms with van der Waals surface area (Å²) in [6, 6.07) is 0. The van der Waals surface area contributed by atoms with Gasteiger partial charge < -0.3 is 15.2 Å². The van der Waals surface area contributed by atoms with E-state index in [4.69, 9.17) is 9.84 Å². The molecule has 0 heterocycles. The van der Waals surface area contributed by atoms with E-state index in [9.17, 15) is 9.59 Å². The lowest BCUT2D eigenvalue weighted by Crippen LogP contribution is -2.36.